The van der Waals surface area contributed by atoms with Crippen molar-refractivity contribution < 1.29 is 28.6 Å². The van der Waals surface area contributed by atoms with E-state index in [9.17, 15) is 14.4 Å². The Morgan fingerprint density at radius 1 is 0.263 bits per heavy atom. The third-order valence-electron chi connectivity index (χ3n) is 15.7. The number of carbonyl (C=O) groups is 3. The molecular weight excluding hydrogens is 937 g/mol. The summed E-state index contributed by atoms with van der Waals surface area (Å²) in [5.41, 5.74) is 0. The average molecular weight is 1070 g/mol. The normalized spacial score (nSPS) is 12.1. The van der Waals surface area contributed by atoms with Gasteiger partial charge < -0.3 is 14.2 Å². The standard InChI is InChI=1S/C70H132O6/c1-4-7-10-13-16-19-22-25-28-30-32-34-35-36-38-39-42-45-48-51-54-57-60-63-69(72)75-66-67(65-74-68(71)62-59-56-53-50-47-44-41-27-24-21-18-15-12-9-6-3)76-70(73)64-61-58-55-52-49-46-43-40-37-33-31-29-26-23-20-17-14-11-8-5-2/h22,25,30,32,67H,4-21,23-24,26-29,31,33-66H2,1-3H3/b25-22-,32-30-. The van der Waals surface area contributed by atoms with Crippen LogP contribution in [0.2, 0.25) is 0 Å². The fraction of sp³-hybridized carbons (Fsp3) is 0.900. The molecule has 0 saturated heterocycles. The van der Waals surface area contributed by atoms with Crippen LogP contribution in [0, 0.1) is 0 Å². The van der Waals surface area contributed by atoms with Crippen molar-refractivity contribution >= 4 is 17.9 Å². The summed E-state index contributed by atoms with van der Waals surface area (Å²) in [4.78, 5) is 38.4. The summed E-state index contributed by atoms with van der Waals surface area (Å²) in [7, 11) is 0. The molecule has 0 aliphatic heterocycles. The molecule has 0 aromatic heterocycles. The third-order valence-corrected chi connectivity index (χ3v) is 15.7. The first kappa shape index (κ1) is 73.9. The summed E-state index contributed by atoms with van der Waals surface area (Å²) in [5.74, 6) is -0.834. The summed E-state index contributed by atoms with van der Waals surface area (Å²) in [6.07, 6.45) is 79.1. The van der Waals surface area contributed by atoms with Gasteiger partial charge in [-0.2, -0.15) is 0 Å². The monoisotopic (exact) mass is 1070 g/mol. The highest BCUT2D eigenvalue weighted by atomic mass is 16.6. The molecule has 0 radical (unpaired) electrons. The molecule has 0 heterocycles. The molecule has 0 rings (SSSR count). The highest BCUT2D eigenvalue weighted by Crippen LogP contribution is 2.18. The van der Waals surface area contributed by atoms with Crippen molar-refractivity contribution in [2.24, 2.45) is 0 Å². The minimum atomic E-state index is -0.768. The Hall–Kier alpha value is -2.11. The van der Waals surface area contributed by atoms with Gasteiger partial charge >= 0.3 is 17.9 Å². The zero-order chi connectivity index (χ0) is 55.0. The molecule has 0 aromatic carbocycles. The minimum Gasteiger partial charge on any atom is -0.462 e. The van der Waals surface area contributed by atoms with Crippen molar-refractivity contribution in [3.05, 3.63) is 24.3 Å². The molecule has 0 aliphatic rings. The molecule has 0 saturated carbocycles. The van der Waals surface area contributed by atoms with Crippen molar-refractivity contribution in [2.75, 3.05) is 13.2 Å². The number of allylic oxidation sites excluding steroid dienone is 4. The number of rotatable bonds is 64. The van der Waals surface area contributed by atoms with Crippen molar-refractivity contribution in [2.45, 2.75) is 393 Å². The van der Waals surface area contributed by atoms with Crippen molar-refractivity contribution in [3.63, 3.8) is 0 Å². The van der Waals surface area contributed by atoms with Crippen LogP contribution in [0.25, 0.3) is 0 Å². The predicted octanol–water partition coefficient (Wildman–Crippen LogP) is 23.4. The SMILES string of the molecule is CCCCCCC/C=C\C/C=C\CCCCCCCCCCCCCC(=O)OCC(COC(=O)CCCCCCCCCCCCCCCCC)OC(=O)CCCCCCCCCCCCCCCCCCCCCC. The fourth-order valence-corrected chi connectivity index (χ4v) is 10.5. The highest BCUT2D eigenvalue weighted by molar-refractivity contribution is 5.71. The van der Waals surface area contributed by atoms with Crippen LogP contribution in [-0.4, -0.2) is 37.2 Å². The Morgan fingerprint density at radius 3 is 0.724 bits per heavy atom. The van der Waals surface area contributed by atoms with E-state index in [2.05, 4.69) is 45.1 Å². The number of hydrogen-bond acceptors (Lipinski definition) is 6. The van der Waals surface area contributed by atoms with E-state index in [0.717, 1.165) is 64.2 Å². The highest BCUT2D eigenvalue weighted by Gasteiger charge is 2.19. The smallest absolute Gasteiger partial charge is 0.306 e. The molecule has 1 atom stereocenters. The van der Waals surface area contributed by atoms with E-state index >= 15 is 0 Å². The van der Waals surface area contributed by atoms with Crippen LogP contribution >= 0.6 is 0 Å². The van der Waals surface area contributed by atoms with E-state index in [0.29, 0.717) is 19.3 Å². The molecule has 0 fully saturated rings. The predicted molar refractivity (Wildman–Crippen MR) is 330 cm³/mol. The lowest BCUT2D eigenvalue weighted by molar-refractivity contribution is -0.167. The summed E-state index contributed by atoms with van der Waals surface area (Å²) >= 11 is 0. The van der Waals surface area contributed by atoms with Gasteiger partial charge in [-0.05, 0) is 51.4 Å². The minimum absolute atomic E-state index is 0.0648. The molecule has 0 aliphatic carbocycles. The summed E-state index contributed by atoms with van der Waals surface area (Å²) in [6.45, 7) is 6.71. The lowest BCUT2D eigenvalue weighted by Gasteiger charge is -2.18. The second-order valence-corrected chi connectivity index (χ2v) is 23.5. The zero-order valence-electron chi connectivity index (χ0n) is 51.6. The van der Waals surface area contributed by atoms with Crippen molar-refractivity contribution in [1.29, 1.82) is 0 Å². The molecule has 0 spiro atoms. The van der Waals surface area contributed by atoms with Gasteiger partial charge in [0.25, 0.3) is 0 Å². The van der Waals surface area contributed by atoms with E-state index in [-0.39, 0.29) is 31.1 Å². The lowest BCUT2D eigenvalue weighted by atomic mass is 10.0. The Labute approximate surface area is 474 Å². The van der Waals surface area contributed by atoms with Gasteiger partial charge in [-0.15, -0.1) is 0 Å². The maximum absolute atomic E-state index is 12.9. The van der Waals surface area contributed by atoms with Gasteiger partial charge in [-0.1, -0.05) is 340 Å². The first-order valence-electron chi connectivity index (χ1n) is 34.3. The van der Waals surface area contributed by atoms with E-state index < -0.39 is 6.10 Å². The van der Waals surface area contributed by atoms with Gasteiger partial charge in [-0.25, -0.2) is 0 Å². The lowest BCUT2D eigenvalue weighted by Crippen LogP contribution is -2.30. The molecule has 448 valence electrons. The number of carbonyl (C=O) groups excluding carboxylic acids is 3. The Bertz CT molecular complexity index is 1230. The maximum atomic E-state index is 12.9. The summed E-state index contributed by atoms with van der Waals surface area (Å²) in [5, 5.41) is 0. The fourth-order valence-electron chi connectivity index (χ4n) is 10.5. The third kappa shape index (κ3) is 62.7. The van der Waals surface area contributed by atoms with E-state index in [1.165, 1.54) is 283 Å². The molecule has 0 aromatic rings. The summed E-state index contributed by atoms with van der Waals surface area (Å²) in [6, 6.07) is 0. The Morgan fingerprint density at radius 2 is 0.474 bits per heavy atom. The van der Waals surface area contributed by atoms with Crippen LogP contribution in [-0.2, 0) is 28.6 Å². The van der Waals surface area contributed by atoms with Crippen molar-refractivity contribution in [3.8, 4) is 0 Å². The Balaban J connectivity index is 4.28. The van der Waals surface area contributed by atoms with E-state index in [4.69, 9.17) is 14.2 Å². The molecule has 1 unspecified atom stereocenters. The second kappa shape index (κ2) is 65.4. The van der Waals surface area contributed by atoms with Crippen LogP contribution in [0.1, 0.15) is 387 Å². The average Bonchev–Trinajstić information content (AvgIpc) is 3.42. The van der Waals surface area contributed by atoms with Gasteiger partial charge in [0.15, 0.2) is 6.10 Å². The number of unbranched alkanes of at least 4 members (excludes halogenated alkanes) is 49. The zero-order valence-corrected chi connectivity index (χ0v) is 51.6. The molecule has 6 heteroatoms. The van der Waals surface area contributed by atoms with Gasteiger partial charge in [0, 0.05) is 19.3 Å². The van der Waals surface area contributed by atoms with Gasteiger partial charge in [-0.3, -0.25) is 14.4 Å². The first-order chi connectivity index (χ1) is 37.5. The topological polar surface area (TPSA) is 78.9 Å². The largest absolute Gasteiger partial charge is 0.462 e. The molecular formula is C70H132O6. The van der Waals surface area contributed by atoms with E-state index in [1.807, 2.05) is 0 Å². The second-order valence-electron chi connectivity index (χ2n) is 23.5. The van der Waals surface area contributed by atoms with Gasteiger partial charge in [0.05, 0.1) is 0 Å². The first-order valence-corrected chi connectivity index (χ1v) is 34.3. The Kier molecular flexibility index (Phi) is 63.6. The molecule has 0 N–H and O–H groups in total. The maximum Gasteiger partial charge on any atom is 0.306 e. The van der Waals surface area contributed by atoms with Crippen LogP contribution < -0.4 is 0 Å². The molecule has 76 heavy (non-hydrogen) atoms. The van der Waals surface area contributed by atoms with Crippen LogP contribution in [0.4, 0.5) is 0 Å². The van der Waals surface area contributed by atoms with Gasteiger partial charge in [0.2, 0.25) is 0 Å². The van der Waals surface area contributed by atoms with E-state index in [1.54, 1.807) is 0 Å². The molecule has 6 nitrogen and oxygen atoms in total. The number of hydrogen-bond donors (Lipinski definition) is 0. The van der Waals surface area contributed by atoms with Gasteiger partial charge in [0.1, 0.15) is 13.2 Å². The quantitative estimate of drug-likeness (QED) is 0.0261. The van der Waals surface area contributed by atoms with Crippen molar-refractivity contribution in [1.82, 2.24) is 0 Å². The van der Waals surface area contributed by atoms with Crippen LogP contribution in [0.3, 0.4) is 0 Å². The number of esters is 3. The van der Waals surface area contributed by atoms with Crippen LogP contribution in [0.15, 0.2) is 24.3 Å². The molecule has 0 bridgehead atoms. The molecule has 0 amide bonds. The summed E-state index contributed by atoms with van der Waals surface area (Å²) < 4.78 is 17.0. The van der Waals surface area contributed by atoms with Crippen LogP contribution in [0.5, 0.6) is 0 Å². The number of ether oxygens (including phenoxy) is 3.